The van der Waals surface area contributed by atoms with Crippen molar-refractivity contribution in [3.05, 3.63) is 60.2 Å². The van der Waals surface area contributed by atoms with Crippen LogP contribution in [0.15, 0.2) is 59.5 Å². The van der Waals surface area contributed by atoms with Gasteiger partial charge in [0.1, 0.15) is 0 Å². The van der Waals surface area contributed by atoms with Crippen LogP contribution in [0.4, 0.5) is 5.69 Å². The first-order valence-corrected chi connectivity index (χ1v) is 9.84. The third kappa shape index (κ3) is 4.85. The van der Waals surface area contributed by atoms with E-state index in [2.05, 4.69) is 5.32 Å². The first-order chi connectivity index (χ1) is 12.8. The molecule has 0 unspecified atom stereocenters. The number of carbonyl (C=O) groups excluding carboxylic acids is 2. The molecule has 0 aliphatic heterocycles. The molecule has 144 valence electrons. The summed E-state index contributed by atoms with van der Waals surface area (Å²) in [5, 5.41) is 2.55. The van der Waals surface area contributed by atoms with Gasteiger partial charge < -0.3 is 10.1 Å². The summed E-state index contributed by atoms with van der Waals surface area (Å²) >= 11 is 0. The highest BCUT2D eigenvalue weighted by Crippen LogP contribution is 2.22. The van der Waals surface area contributed by atoms with E-state index in [1.165, 1.54) is 38.2 Å². The topological polar surface area (TPSA) is 92.8 Å². The quantitative estimate of drug-likeness (QED) is 0.732. The fraction of sp³-hybridized carbons (Fsp3) is 0.263. The van der Waals surface area contributed by atoms with Crippen molar-refractivity contribution in [3.63, 3.8) is 0 Å². The van der Waals surface area contributed by atoms with Gasteiger partial charge >= 0.3 is 5.97 Å². The third-order valence-corrected chi connectivity index (χ3v) is 5.63. The van der Waals surface area contributed by atoms with Crippen LogP contribution in [0.25, 0.3) is 0 Å². The second-order valence-electron chi connectivity index (χ2n) is 5.78. The number of likely N-dealkylation sites (N-methyl/N-ethyl adjacent to an activating group) is 1. The molecule has 0 bridgehead atoms. The van der Waals surface area contributed by atoms with Crippen molar-refractivity contribution in [2.24, 2.45) is 0 Å². The lowest BCUT2D eigenvalue weighted by Gasteiger charge is -2.20. The molecule has 0 aliphatic carbocycles. The van der Waals surface area contributed by atoms with Gasteiger partial charge in [-0.15, -0.1) is 0 Å². The zero-order valence-electron chi connectivity index (χ0n) is 15.4. The Morgan fingerprint density at radius 1 is 1.11 bits per heavy atom. The highest BCUT2D eigenvalue weighted by Gasteiger charge is 2.24. The van der Waals surface area contributed by atoms with Gasteiger partial charge in [-0.25, -0.2) is 13.2 Å². The minimum Gasteiger partial charge on any atom is -0.449 e. The van der Waals surface area contributed by atoms with Crippen molar-refractivity contribution in [1.82, 2.24) is 5.32 Å². The van der Waals surface area contributed by atoms with Crippen LogP contribution in [0.2, 0.25) is 0 Å². The van der Waals surface area contributed by atoms with Gasteiger partial charge in [-0.3, -0.25) is 9.10 Å². The Kier molecular flexibility index (Phi) is 6.57. The summed E-state index contributed by atoms with van der Waals surface area (Å²) in [6.45, 7) is 3.62. The van der Waals surface area contributed by atoms with E-state index < -0.39 is 28.0 Å². The van der Waals surface area contributed by atoms with E-state index >= 15 is 0 Å². The number of sulfonamides is 1. The van der Waals surface area contributed by atoms with Crippen LogP contribution in [-0.4, -0.2) is 40.0 Å². The number of hydrogen-bond acceptors (Lipinski definition) is 5. The molecule has 0 spiro atoms. The summed E-state index contributed by atoms with van der Waals surface area (Å²) in [5.41, 5.74) is 0.545. The van der Waals surface area contributed by atoms with Crippen molar-refractivity contribution in [2.45, 2.75) is 24.8 Å². The summed E-state index contributed by atoms with van der Waals surface area (Å²) in [4.78, 5) is 23.9. The van der Waals surface area contributed by atoms with Crippen LogP contribution in [0.5, 0.6) is 0 Å². The largest absolute Gasteiger partial charge is 0.449 e. The van der Waals surface area contributed by atoms with Gasteiger partial charge in [-0.2, -0.15) is 0 Å². The van der Waals surface area contributed by atoms with Crippen molar-refractivity contribution in [2.75, 3.05) is 17.9 Å². The molecule has 0 aliphatic rings. The fourth-order valence-electron chi connectivity index (χ4n) is 2.32. The molecular weight excluding hydrogens is 368 g/mol. The van der Waals surface area contributed by atoms with Crippen molar-refractivity contribution in [1.29, 1.82) is 0 Å². The van der Waals surface area contributed by atoms with E-state index in [1.54, 1.807) is 37.3 Å². The second kappa shape index (κ2) is 8.68. The lowest BCUT2D eigenvalue weighted by Crippen LogP contribution is -2.35. The number of carbonyl (C=O) groups is 2. The van der Waals surface area contributed by atoms with Gasteiger partial charge in [0.25, 0.3) is 15.9 Å². The number of rotatable bonds is 7. The Labute approximate surface area is 159 Å². The Bertz CT molecular complexity index is 913. The smallest absolute Gasteiger partial charge is 0.338 e. The summed E-state index contributed by atoms with van der Waals surface area (Å²) in [7, 11) is -2.42. The minimum absolute atomic E-state index is 0.0473. The zero-order chi connectivity index (χ0) is 20.0. The van der Waals surface area contributed by atoms with Crippen LogP contribution >= 0.6 is 0 Å². The molecule has 2 aromatic rings. The van der Waals surface area contributed by atoms with E-state index in [0.29, 0.717) is 12.2 Å². The average molecular weight is 390 g/mol. The van der Waals surface area contributed by atoms with Gasteiger partial charge in [0.05, 0.1) is 16.1 Å². The molecular formula is C19H22N2O5S. The third-order valence-electron chi connectivity index (χ3n) is 3.85. The summed E-state index contributed by atoms with van der Waals surface area (Å²) in [5.74, 6) is -1.19. The molecule has 0 aromatic heterocycles. The van der Waals surface area contributed by atoms with Gasteiger partial charge in [0.2, 0.25) is 0 Å². The van der Waals surface area contributed by atoms with E-state index in [9.17, 15) is 18.0 Å². The Hall–Kier alpha value is -2.87. The maximum Gasteiger partial charge on any atom is 0.338 e. The SMILES string of the molecule is CCNC(=O)[C@H](C)OC(=O)c1cccc(S(=O)(=O)N(C)c2ccccc2)c1. The molecule has 7 nitrogen and oxygen atoms in total. The predicted molar refractivity (Wildman–Crippen MR) is 102 cm³/mol. The summed E-state index contributed by atoms with van der Waals surface area (Å²) in [6.07, 6.45) is -0.982. The molecule has 1 N–H and O–H groups in total. The number of nitrogens with one attached hydrogen (secondary N) is 1. The molecule has 27 heavy (non-hydrogen) atoms. The molecule has 0 fully saturated rings. The monoisotopic (exact) mass is 390 g/mol. The van der Waals surface area contributed by atoms with Crippen LogP contribution in [0.3, 0.4) is 0 Å². The normalized spacial score (nSPS) is 12.1. The van der Waals surface area contributed by atoms with Gasteiger partial charge in [-0.05, 0) is 44.2 Å². The predicted octanol–water partition coefficient (Wildman–Crippen LogP) is 2.19. The average Bonchev–Trinajstić information content (AvgIpc) is 2.68. The lowest BCUT2D eigenvalue weighted by molar-refractivity contribution is -0.128. The standard InChI is InChI=1S/C19H22N2O5S/c1-4-20-18(22)14(2)26-19(23)15-9-8-12-17(13-15)27(24,25)21(3)16-10-6-5-7-11-16/h5-14H,4H2,1-3H3,(H,20,22)/t14-/m0/s1. The molecule has 2 aromatic carbocycles. The molecule has 0 saturated carbocycles. The van der Waals surface area contributed by atoms with E-state index in [-0.39, 0.29) is 10.5 Å². The van der Waals surface area contributed by atoms with Crippen LogP contribution < -0.4 is 9.62 Å². The Morgan fingerprint density at radius 3 is 2.41 bits per heavy atom. The first kappa shape index (κ1) is 20.4. The maximum absolute atomic E-state index is 12.8. The molecule has 0 radical (unpaired) electrons. The number of benzene rings is 2. The number of nitrogens with zero attached hydrogens (tertiary/aromatic N) is 1. The highest BCUT2D eigenvalue weighted by molar-refractivity contribution is 7.92. The van der Waals surface area contributed by atoms with Gasteiger partial charge in [0, 0.05) is 13.6 Å². The number of esters is 1. The molecule has 2 rings (SSSR count). The molecule has 1 amide bonds. The second-order valence-corrected chi connectivity index (χ2v) is 7.75. The van der Waals surface area contributed by atoms with Crippen molar-refractivity contribution >= 4 is 27.6 Å². The summed E-state index contributed by atoms with van der Waals surface area (Å²) < 4.78 is 31.9. The highest BCUT2D eigenvalue weighted by atomic mass is 32.2. The van der Waals surface area contributed by atoms with Crippen molar-refractivity contribution < 1.29 is 22.7 Å². The van der Waals surface area contributed by atoms with Crippen LogP contribution in [0.1, 0.15) is 24.2 Å². The van der Waals surface area contributed by atoms with Crippen LogP contribution in [-0.2, 0) is 19.6 Å². The number of amides is 1. The van der Waals surface area contributed by atoms with E-state index in [1.807, 2.05) is 0 Å². The van der Waals surface area contributed by atoms with E-state index in [4.69, 9.17) is 4.74 Å². The number of anilines is 1. The van der Waals surface area contributed by atoms with E-state index in [0.717, 1.165) is 4.31 Å². The Balaban J connectivity index is 2.24. The van der Waals surface area contributed by atoms with Gasteiger partial charge in [-0.1, -0.05) is 24.3 Å². The van der Waals surface area contributed by atoms with Crippen LogP contribution in [0, 0.1) is 0 Å². The van der Waals surface area contributed by atoms with Crippen molar-refractivity contribution in [3.8, 4) is 0 Å². The lowest BCUT2D eigenvalue weighted by atomic mass is 10.2. The summed E-state index contributed by atoms with van der Waals surface area (Å²) in [6, 6.07) is 14.1. The number of para-hydroxylation sites is 1. The van der Waals surface area contributed by atoms with Gasteiger partial charge in [0.15, 0.2) is 6.10 Å². The zero-order valence-corrected chi connectivity index (χ0v) is 16.2. The Morgan fingerprint density at radius 2 is 1.78 bits per heavy atom. The number of ether oxygens (including phenoxy) is 1. The molecule has 0 saturated heterocycles. The minimum atomic E-state index is -3.86. The maximum atomic E-state index is 12.8. The molecule has 0 heterocycles. The first-order valence-electron chi connectivity index (χ1n) is 8.40. The molecule has 8 heteroatoms. The fourth-order valence-corrected chi connectivity index (χ4v) is 3.56. The molecule has 1 atom stereocenters. The number of hydrogen-bond donors (Lipinski definition) is 1.